The SMILES string of the molecule is CNc1nnc(C(=O)N(Cc2cccs2)C2CC2)s1. The fourth-order valence-electron chi connectivity index (χ4n) is 1.86. The number of nitrogens with one attached hydrogen (secondary N) is 1. The molecule has 0 unspecified atom stereocenters. The number of rotatable bonds is 5. The predicted molar refractivity (Wildman–Crippen MR) is 76.7 cm³/mol. The Bertz CT molecular complexity index is 562. The molecule has 2 heterocycles. The van der Waals surface area contributed by atoms with Crippen LogP contribution in [0.2, 0.25) is 0 Å². The van der Waals surface area contributed by atoms with Crippen molar-refractivity contribution in [3.63, 3.8) is 0 Å². The quantitative estimate of drug-likeness (QED) is 0.920. The van der Waals surface area contributed by atoms with Gasteiger partial charge in [0.05, 0.1) is 6.54 Å². The Kier molecular flexibility index (Phi) is 3.48. The molecule has 0 radical (unpaired) electrons. The first-order chi connectivity index (χ1) is 9.28. The van der Waals surface area contributed by atoms with Crippen LogP contribution in [0.25, 0.3) is 0 Å². The second-order valence-electron chi connectivity index (χ2n) is 4.41. The van der Waals surface area contributed by atoms with Gasteiger partial charge in [-0.2, -0.15) is 0 Å². The fraction of sp³-hybridized carbons (Fsp3) is 0.417. The summed E-state index contributed by atoms with van der Waals surface area (Å²) in [6.07, 6.45) is 2.18. The van der Waals surface area contributed by atoms with Gasteiger partial charge in [0, 0.05) is 18.0 Å². The van der Waals surface area contributed by atoms with Crippen LogP contribution in [0.5, 0.6) is 0 Å². The molecule has 19 heavy (non-hydrogen) atoms. The summed E-state index contributed by atoms with van der Waals surface area (Å²) in [6, 6.07) is 4.45. The van der Waals surface area contributed by atoms with E-state index in [1.807, 2.05) is 16.3 Å². The summed E-state index contributed by atoms with van der Waals surface area (Å²) in [5.41, 5.74) is 0. The predicted octanol–water partition coefficient (Wildman–Crippen LogP) is 2.45. The number of anilines is 1. The summed E-state index contributed by atoms with van der Waals surface area (Å²) >= 11 is 2.99. The van der Waals surface area contributed by atoms with Gasteiger partial charge in [-0.1, -0.05) is 17.4 Å². The maximum absolute atomic E-state index is 12.5. The molecule has 1 aliphatic carbocycles. The Morgan fingerprint density at radius 1 is 1.53 bits per heavy atom. The van der Waals surface area contributed by atoms with E-state index in [2.05, 4.69) is 21.6 Å². The van der Waals surface area contributed by atoms with Gasteiger partial charge >= 0.3 is 0 Å². The van der Waals surface area contributed by atoms with E-state index >= 15 is 0 Å². The standard InChI is InChI=1S/C12H14N4OS2/c1-13-12-15-14-10(19-12)11(17)16(8-4-5-8)7-9-3-2-6-18-9/h2-3,6,8H,4-5,7H2,1H3,(H,13,15). The smallest absolute Gasteiger partial charge is 0.285 e. The van der Waals surface area contributed by atoms with Crippen LogP contribution in [0, 0.1) is 0 Å². The average molecular weight is 294 g/mol. The lowest BCUT2D eigenvalue weighted by Gasteiger charge is -2.20. The van der Waals surface area contributed by atoms with E-state index in [1.54, 1.807) is 18.4 Å². The Balaban J connectivity index is 1.77. The molecule has 0 saturated heterocycles. The average Bonchev–Trinajstić information content (AvgIpc) is 2.95. The number of thiophene rings is 1. The summed E-state index contributed by atoms with van der Waals surface area (Å²) in [4.78, 5) is 15.6. The summed E-state index contributed by atoms with van der Waals surface area (Å²) in [7, 11) is 1.78. The third-order valence-corrected chi connectivity index (χ3v) is 4.77. The molecule has 1 saturated carbocycles. The molecule has 0 spiro atoms. The van der Waals surface area contributed by atoms with E-state index in [0.717, 1.165) is 12.8 Å². The Labute approximate surface area is 119 Å². The molecule has 0 atom stereocenters. The zero-order valence-corrected chi connectivity index (χ0v) is 12.1. The van der Waals surface area contributed by atoms with Gasteiger partial charge in [0.1, 0.15) is 0 Å². The molecule has 2 aromatic rings. The third kappa shape index (κ3) is 2.76. The summed E-state index contributed by atoms with van der Waals surface area (Å²) in [5, 5.41) is 14.0. The van der Waals surface area contributed by atoms with Gasteiger partial charge < -0.3 is 10.2 Å². The number of aromatic nitrogens is 2. The lowest BCUT2D eigenvalue weighted by molar-refractivity contribution is 0.0730. The minimum Gasteiger partial charge on any atom is -0.363 e. The maximum atomic E-state index is 12.5. The molecule has 0 bridgehead atoms. The number of amides is 1. The molecule has 1 N–H and O–H groups in total. The Morgan fingerprint density at radius 2 is 2.37 bits per heavy atom. The van der Waals surface area contributed by atoms with Crippen molar-refractivity contribution < 1.29 is 4.79 Å². The van der Waals surface area contributed by atoms with E-state index < -0.39 is 0 Å². The molecular formula is C12H14N4OS2. The van der Waals surface area contributed by atoms with Crippen molar-refractivity contribution in [3.8, 4) is 0 Å². The topological polar surface area (TPSA) is 58.1 Å². The van der Waals surface area contributed by atoms with Crippen LogP contribution >= 0.6 is 22.7 Å². The van der Waals surface area contributed by atoms with Crippen LogP contribution in [0.15, 0.2) is 17.5 Å². The molecule has 1 aliphatic rings. The number of carbonyl (C=O) groups excluding carboxylic acids is 1. The molecule has 1 amide bonds. The monoisotopic (exact) mass is 294 g/mol. The highest BCUT2D eigenvalue weighted by Gasteiger charge is 2.34. The van der Waals surface area contributed by atoms with E-state index in [1.165, 1.54) is 16.2 Å². The van der Waals surface area contributed by atoms with Gasteiger partial charge in [0.2, 0.25) is 10.1 Å². The second-order valence-corrected chi connectivity index (χ2v) is 6.42. The molecular weight excluding hydrogens is 280 g/mol. The molecule has 7 heteroatoms. The van der Waals surface area contributed by atoms with E-state index in [9.17, 15) is 4.79 Å². The molecule has 5 nitrogen and oxygen atoms in total. The highest BCUT2D eigenvalue weighted by molar-refractivity contribution is 7.17. The van der Waals surface area contributed by atoms with Gasteiger partial charge in [-0.3, -0.25) is 4.79 Å². The highest BCUT2D eigenvalue weighted by Crippen LogP contribution is 2.31. The molecule has 0 aliphatic heterocycles. The van der Waals surface area contributed by atoms with Crippen LogP contribution in [-0.2, 0) is 6.54 Å². The zero-order chi connectivity index (χ0) is 13.2. The first-order valence-electron chi connectivity index (χ1n) is 6.12. The number of hydrogen-bond acceptors (Lipinski definition) is 6. The van der Waals surface area contributed by atoms with Crippen molar-refractivity contribution in [1.82, 2.24) is 15.1 Å². The zero-order valence-electron chi connectivity index (χ0n) is 10.5. The van der Waals surface area contributed by atoms with Gasteiger partial charge in [0.15, 0.2) is 0 Å². The van der Waals surface area contributed by atoms with Crippen LogP contribution in [0.3, 0.4) is 0 Å². The molecule has 3 rings (SSSR count). The minimum atomic E-state index is -0.00472. The van der Waals surface area contributed by atoms with Crippen LogP contribution in [0.1, 0.15) is 27.5 Å². The number of nitrogens with zero attached hydrogens (tertiary/aromatic N) is 3. The first-order valence-corrected chi connectivity index (χ1v) is 7.82. The van der Waals surface area contributed by atoms with Gasteiger partial charge in [0.25, 0.3) is 5.91 Å². The van der Waals surface area contributed by atoms with Crippen LogP contribution in [-0.4, -0.2) is 34.1 Å². The van der Waals surface area contributed by atoms with Gasteiger partial charge in [-0.15, -0.1) is 21.5 Å². The summed E-state index contributed by atoms with van der Waals surface area (Å²) < 4.78 is 0. The van der Waals surface area contributed by atoms with Crippen molar-refractivity contribution >= 4 is 33.7 Å². The summed E-state index contributed by atoms with van der Waals surface area (Å²) in [5.74, 6) is -0.00472. The molecule has 0 aromatic carbocycles. The molecule has 100 valence electrons. The van der Waals surface area contributed by atoms with Gasteiger partial charge in [-0.25, -0.2) is 0 Å². The normalized spacial score (nSPS) is 14.4. The Hall–Kier alpha value is -1.47. The lowest BCUT2D eigenvalue weighted by atomic mass is 10.4. The lowest BCUT2D eigenvalue weighted by Crippen LogP contribution is -2.32. The van der Waals surface area contributed by atoms with E-state index in [-0.39, 0.29) is 5.91 Å². The fourth-order valence-corrected chi connectivity index (χ4v) is 3.21. The molecule has 2 aromatic heterocycles. The van der Waals surface area contributed by atoms with Crippen molar-refractivity contribution in [2.75, 3.05) is 12.4 Å². The van der Waals surface area contributed by atoms with Crippen LogP contribution in [0.4, 0.5) is 5.13 Å². The van der Waals surface area contributed by atoms with Crippen LogP contribution < -0.4 is 5.32 Å². The van der Waals surface area contributed by atoms with Crippen molar-refractivity contribution in [2.24, 2.45) is 0 Å². The molecule has 1 fully saturated rings. The van der Waals surface area contributed by atoms with Crippen molar-refractivity contribution in [3.05, 3.63) is 27.4 Å². The maximum Gasteiger partial charge on any atom is 0.285 e. The minimum absolute atomic E-state index is 0.00472. The second kappa shape index (κ2) is 5.26. The summed E-state index contributed by atoms with van der Waals surface area (Å²) in [6.45, 7) is 0.676. The highest BCUT2D eigenvalue weighted by atomic mass is 32.1. The van der Waals surface area contributed by atoms with Gasteiger partial charge in [-0.05, 0) is 24.3 Å². The third-order valence-electron chi connectivity index (χ3n) is 2.98. The van der Waals surface area contributed by atoms with Crippen molar-refractivity contribution in [1.29, 1.82) is 0 Å². The first kappa shape index (κ1) is 12.6. The van der Waals surface area contributed by atoms with Crippen molar-refractivity contribution in [2.45, 2.75) is 25.4 Å². The van der Waals surface area contributed by atoms with E-state index in [0.29, 0.717) is 22.7 Å². The number of hydrogen-bond donors (Lipinski definition) is 1. The Morgan fingerprint density at radius 3 is 2.95 bits per heavy atom. The number of carbonyl (C=O) groups is 1. The largest absolute Gasteiger partial charge is 0.363 e. The van der Waals surface area contributed by atoms with E-state index in [4.69, 9.17) is 0 Å².